The summed E-state index contributed by atoms with van der Waals surface area (Å²) in [6.07, 6.45) is 0.0172. The van der Waals surface area contributed by atoms with Crippen molar-refractivity contribution in [2.45, 2.75) is 18.9 Å². The van der Waals surface area contributed by atoms with Crippen LogP contribution in [0.2, 0.25) is 0 Å². The third kappa shape index (κ3) is 5.60. The van der Waals surface area contributed by atoms with E-state index >= 15 is 0 Å². The second kappa shape index (κ2) is 8.82. The summed E-state index contributed by atoms with van der Waals surface area (Å²) < 4.78 is 23.0. The van der Waals surface area contributed by atoms with Crippen molar-refractivity contribution in [3.63, 3.8) is 0 Å². The number of amides is 1. The van der Waals surface area contributed by atoms with Crippen LogP contribution in [0.4, 0.5) is 4.39 Å². The van der Waals surface area contributed by atoms with E-state index in [1.807, 2.05) is 0 Å². The molecule has 2 aromatic rings. The van der Waals surface area contributed by atoms with E-state index in [-0.39, 0.29) is 18.7 Å². The number of benzene rings is 2. The lowest BCUT2D eigenvalue weighted by Crippen LogP contribution is -2.31. The Bertz CT molecular complexity index is 730. The van der Waals surface area contributed by atoms with Crippen LogP contribution in [0.15, 0.2) is 48.5 Å². The molecule has 0 aliphatic carbocycles. The van der Waals surface area contributed by atoms with Gasteiger partial charge in [-0.05, 0) is 35.4 Å². The van der Waals surface area contributed by atoms with Crippen molar-refractivity contribution < 1.29 is 23.5 Å². The maximum Gasteiger partial charge on any atom is 0.307 e. The van der Waals surface area contributed by atoms with Crippen molar-refractivity contribution in [2.75, 3.05) is 14.2 Å². The first-order chi connectivity index (χ1) is 12.0. The first kappa shape index (κ1) is 18.4. The van der Waals surface area contributed by atoms with Gasteiger partial charge in [0, 0.05) is 0 Å². The van der Waals surface area contributed by atoms with Crippen LogP contribution in [0, 0.1) is 5.82 Å². The smallest absolute Gasteiger partial charge is 0.307 e. The average molecular weight is 345 g/mol. The number of carbonyl (C=O) groups is 2. The van der Waals surface area contributed by atoms with Gasteiger partial charge in [0.25, 0.3) is 0 Å². The monoisotopic (exact) mass is 345 g/mol. The highest BCUT2D eigenvalue weighted by Gasteiger charge is 2.19. The molecule has 5 nitrogen and oxygen atoms in total. The fourth-order valence-corrected chi connectivity index (χ4v) is 2.42. The maximum atomic E-state index is 13.2. The minimum Gasteiger partial charge on any atom is -0.497 e. The minimum absolute atomic E-state index is 0.00226. The zero-order chi connectivity index (χ0) is 18.2. The summed E-state index contributed by atoms with van der Waals surface area (Å²) >= 11 is 0. The number of rotatable bonds is 7. The van der Waals surface area contributed by atoms with Crippen LogP contribution in [0.5, 0.6) is 5.75 Å². The average Bonchev–Trinajstić information content (AvgIpc) is 2.61. The SMILES string of the molecule is COC(=O)CC(NC(=O)Cc1cccc(F)c1)c1ccc(OC)cc1. The molecule has 1 amide bonds. The lowest BCUT2D eigenvalue weighted by atomic mass is 10.0. The molecule has 0 bridgehead atoms. The van der Waals surface area contributed by atoms with Gasteiger partial charge in [0.15, 0.2) is 0 Å². The fraction of sp³-hybridized carbons (Fsp3) is 0.263. The Morgan fingerprint density at radius 3 is 2.44 bits per heavy atom. The van der Waals surface area contributed by atoms with Crippen LogP contribution in [0.1, 0.15) is 23.6 Å². The van der Waals surface area contributed by atoms with Crippen LogP contribution >= 0.6 is 0 Å². The molecule has 0 fully saturated rings. The van der Waals surface area contributed by atoms with Crippen LogP contribution in [-0.4, -0.2) is 26.1 Å². The molecule has 1 N–H and O–H groups in total. The van der Waals surface area contributed by atoms with Crippen molar-refractivity contribution in [1.29, 1.82) is 0 Å². The van der Waals surface area contributed by atoms with Gasteiger partial charge in [-0.25, -0.2) is 4.39 Å². The van der Waals surface area contributed by atoms with Gasteiger partial charge in [0.1, 0.15) is 11.6 Å². The van der Waals surface area contributed by atoms with E-state index in [4.69, 9.17) is 9.47 Å². The van der Waals surface area contributed by atoms with Gasteiger partial charge < -0.3 is 14.8 Å². The lowest BCUT2D eigenvalue weighted by molar-refractivity contribution is -0.141. The topological polar surface area (TPSA) is 64.6 Å². The zero-order valence-electron chi connectivity index (χ0n) is 14.1. The number of carbonyl (C=O) groups excluding carboxylic acids is 2. The van der Waals surface area contributed by atoms with Crippen LogP contribution in [0.25, 0.3) is 0 Å². The Balaban J connectivity index is 2.11. The molecule has 6 heteroatoms. The molecule has 0 aliphatic heterocycles. The number of methoxy groups -OCH3 is 2. The molecule has 0 saturated heterocycles. The normalized spacial score (nSPS) is 11.5. The molecule has 0 saturated carbocycles. The Hall–Kier alpha value is -2.89. The minimum atomic E-state index is -0.542. The molecule has 2 aromatic carbocycles. The van der Waals surface area contributed by atoms with E-state index in [1.54, 1.807) is 43.5 Å². The third-order valence-corrected chi connectivity index (χ3v) is 3.71. The third-order valence-electron chi connectivity index (χ3n) is 3.71. The highest BCUT2D eigenvalue weighted by atomic mass is 19.1. The summed E-state index contributed by atoms with van der Waals surface area (Å²) in [5.74, 6) is -0.472. The van der Waals surface area contributed by atoms with Crippen LogP contribution in [-0.2, 0) is 20.7 Å². The number of hydrogen-bond acceptors (Lipinski definition) is 4. The second-order valence-corrected chi connectivity index (χ2v) is 5.48. The molecule has 1 unspecified atom stereocenters. The van der Waals surface area contributed by atoms with Crippen molar-refractivity contribution in [3.8, 4) is 5.75 Å². The number of nitrogens with one attached hydrogen (secondary N) is 1. The largest absolute Gasteiger partial charge is 0.497 e. The molecule has 0 aromatic heterocycles. The quantitative estimate of drug-likeness (QED) is 0.784. The number of halogens is 1. The maximum absolute atomic E-state index is 13.2. The molecular formula is C19H20FNO4. The first-order valence-corrected chi connectivity index (χ1v) is 7.76. The van der Waals surface area contributed by atoms with E-state index in [2.05, 4.69) is 5.32 Å². The Morgan fingerprint density at radius 1 is 1.12 bits per heavy atom. The van der Waals surface area contributed by atoms with Crippen molar-refractivity contribution in [2.24, 2.45) is 0 Å². The molecular weight excluding hydrogens is 325 g/mol. The summed E-state index contributed by atoms with van der Waals surface area (Å²) in [6, 6.07) is 12.3. The van der Waals surface area contributed by atoms with Gasteiger partial charge in [-0.15, -0.1) is 0 Å². The highest BCUT2D eigenvalue weighted by Crippen LogP contribution is 2.21. The van der Waals surface area contributed by atoms with E-state index in [0.717, 1.165) is 5.56 Å². The summed E-state index contributed by atoms with van der Waals surface area (Å²) in [5.41, 5.74) is 1.31. The molecule has 0 heterocycles. The molecule has 132 valence electrons. The standard InChI is InChI=1S/C19H20FNO4/c1-24-16-8-6-14(7-9-16)17(12-19(23)25-2)21-18(22)11-13-4-3-5-15(20)10-13/h3-10,17H,11-12H2,1-2H3,(H,21,22). The molecule has 0 radical (unpaired) electrons. The van der Waals surface area contributed by atoms with E-state index in [0.29, 0.717) is 11.3 Å². The highest BCUT2D eigenvalue weighted by molar-refractivity contribution is 5.80. The van der Waals surface area contributed by atoms with E-state index < -0.39 is 17.8 Å². The predicted molar refractivity (Wildman–Crippen MR) is 90.6 cm³/mol. The van der Waals surface area contributed by atoms with Gasteiger partial charge in [-0.1, -0.05) is 24.3 Å². The van der Waals surface area contributed by atoms with Crippen molar-refractivity contribution >= 4 is 11.9 Å². The zero-order valence-corrected chi connectivity index (χ0v) is 14.1. The van der Waals surface area contributed by atoms with Gasteiger partial charge in [0.05, 0.1) is 33.1 Å². The summed E-state index contributed by atoms with van der Waals surface area (Å²) in [6.45, 7) is 0. The van der Waals surface area contributed by atoms with Crippen molar-refractivity contribution in [3.05, 3.63) is 65.5 Å². The second-order valence-electron chi connectivity index (χ2n) is 5.48. The Labute approximate surface area is 145 Å². The number of esters is 1. The van der Waals surface area contributed by atoms with Crippen LogP contribution < -0.4 is 10.1 Å². The summed E-state index contributed by atoms with van der Waals surface area (Å²) in [7, 11) is 2.85. The summed E-state index contributed by atoms with van der Waals surface area (Å²) in [5, 5.41) is 2.80. The van der Waals surface area contributed by atoms with Crippen LogP contribution in [0.3, 0.4) is 0 Å². The van der Waals surface area contributed by atoms with E-state index in [9.17, 15) is 14.0 Å². The molecule has 1 atom stereocenters. The molecule has 2 rings (SSSR count). The van der Waals surface area contributed by atoms with E-state index in [1.165, 1.54) is 19.2 Å². The first-order valence-electron chi connectivity index (χ1n) is 7.76. The van der Waals surface area contributed by atoms with Gasteiger partial charge in [-0.3, -0.25) is 9.59 Å². The molecule has 0 aliphatic rings. The Kier molecular flexibility index (Phi) is 6.51. The Morgan fingerprint density at radius 2 is 1.84 bits per heavy atom. The molecule has 25 heavy (non-hydrogen) atoms. The lowest BCUT2D eigenvalue weighted by Gasteiger charge is -2.18. The predicted octanol–water partition coefficient (Wildman–Crippen LogP) is 2.80. The van der Waals surface area contributed by atoms with Crippen molar-refractivity contribution in [1.82, 2.24) is 5.32 Å². The van der Waals surface area contributed by atoms with Gasteiger partial charge >= 0.3 is 5.97 Å². The molecule has 0 spiro atoms. The fourth-order valence-electron chi connectivity index (χ4n) is 2.42. The number of ether oxygens (including phenoxy) is 2. The van der Waals surface area contributed by atoms with Gasteiger partial charge in [0.2, 0.25) is 5.91 Å². The number of hydrogen-bond donors (Lipinski definition) is 1. The van der Waals surface area contributed by atoms with Gasteiger partial charge in [-0.2, -0.15) is 0 Å². The summed E-state index contributed by atoms with van der Waals surface area (Å²) in [4.78, 5) is 23.9.